The summed E-state index contributed by atoms with van der Waals surface area (Å²) in [6.07, 6.45) is 2.66. The van der Waals surface area contributed by atoms with E-state index in [0.29, 0.717) is 0 Å². The Morgan fingerprint density at radius 2 is 1.11 bits per heavy atom. The fourth-order valence-electron chi connectivity index (χ4n) is 3.34. The first-order valence-electron chi connectivity index (χ1n) is 8.02. The van der Waals surface area contributed by atoms with Crippen molar-refractivity contribution in [3.8, 4) is 0 Å². The van der Waals surface area contributed by atoms with Crippen molar-refractivity contribution in [3.05, 3.63) is 0 Å². The molecule has 1 heterocycles. The summed E-state index contributed by atoms with van der Waals surface area (Å²) < 4.78 is 5.77. The van der Waals surface area contributed by atoms with Gasteiger partial charge in [-0.1, -0.05) is 41.5 Å². The number of nitrogens with zero attached hydrogens (tertiary/aromatic N) is 2. The minimum atomic E-state index is -0.518. The average Bonchev–Trinajstić information content (AvgIpc) is 2.23. The van der Waals surface area contributed by atoms with E-state index >= 15 is 0 Å². The van der Waals surface area contributed by atoms with Crippen LogP contribution in [0.2, 0.25) is 11.3 Å². The predicted octanol–water partition coefficient (Wildman–Crippen LogP) is 2.77. The van der Waals surface area contributed by atoms with Gasteiger partial charge in [0.15, 0.2) is 0 Å². The van der Waals surface area contributed by atoms with Crippen LogP contribution in [0.25, 0.3) is 0 Å². The highest BCUT2D eigenvalue weighted by molar-refractivity contribution is 6.92. The van der Waals surface area contributed by atoms with Crippen molar-refractivity contribution in [2.75, 3.05) is 13.1 Å². The molecule has 0 radical (unpaired) electrons. The first-order valence-corrected chi connectivity index (χ1v) is 12.3. The summed E-state index contributed by atoms with van der Waals surface area (Å²) in [5.74, 6) is 0. The normalized spacial score (nSPS) is 24.3. The topological polar surface area (TPSA) is 6.48 Å². The molecule has 0 aromatic carbocycles. The lowest BCUT2D eigenvalue weighted by Crippen LogP contribution is -2.62. The maximum atomic E-state index is 2.88. The van der Waals surface area contributed by atoms with Crippen LogP contribution < -0.4 is 0 Å². The zero-order valence-corrected chi connectivity index (χ0v) is 15.8. The van der Waals surface area contributed by atoms with Crippen LogP contribution in [0.15, 0.2) is 0 Å². The second-order valence-electron chi connectivity index (χ2n) is 6.44. The van der Waals surface area contributed by atoms with E-state index in [0.717, 1.165) is 12.1 Å². The molecule has 1 rings (SSSR count). The molecule has 0 saturated carbocycles. The summed E-state index contributed by atoms with van der Waals surface area (Å²) in [6.45, 7) is 16.9. The molecule has 0 spiro atoms. The van der Waals surface area contributed by atoms with Gasteiger partial charge >= 0.3 is 0 Å². The Labute approximate surface area is 118 Å². The summed E-state index contributed by atoms with van der Waals surface area (Å²) in [4.78, 5) is 0. The predicted molar refractivity (Wildman–Crippen MR) is 88.2 cm³/mol. The lowest BCUT2D eigenvalue weighted by atomic mass is 10.4. The van der Waals surface area contributed by atoms with Gasteiger partial charge in [-0.2, -0.15) is 0 Å². The average molecular weight is 287 g/mol. The molecule has 1 aliphatic heterocycles. The molecule has 0 atom stereocenters. The maximum Gasteiger partial charge on any atom is 0.109 e. The van der Waals surface area contributed by atoms with E-state index in [1.54, 1.807) is 11.3 Å². The smallest absolute Gasteiger partial charge is 0.109 e. The van der Waals surface area contributed by atoms with E-state index in [1.165, 1.54) is 25.9 Å². The summed E-state index contributed by atoms with van der Waals surface area (Å²) in [5.41, 5.74) is 3.33. The van der Waals surface area contributed by atoms with E-state index in [4.69, 9.17) is 0 Å². The quantitative estimate of drug-likeness (QED) is 0.633. The van der Waals surface area contributed by atoms with Gasteiger partial charge in [0.05, 0.1) is 0 Å². The first kappa shape index (κ1) is 16.4. The lowest BCUT2D eigenvalue weighted by Gasteiger charge is -2.48. The Bertz CT molecular complexity index is 206. The van der Waals surface area contributed by atoms with Crippen LogP contribution in [-0.2, 0) is 0 Å². The Balaban J connectivity index is 2.45. The molecular formula is C14H34N2Si2. The highest BCUT2D eigenvalue weighted by Crippen LogP contribution is 2.28. The minimum Gasteiger partial charge on any atom is -0.324 e. The zero-order valence-electron chi connectivity index (χ0n) is 13.4. The van der Waals surface area contributed by atoms with E-state index < -0.39 is 17.9 Å². The van der Waals surface area contributed by atoms with Gasteiger partial charge in [-0.15, -0.1) is 0 Å². The standard InChI is InChI=1S/C14H34N2Si2/c1-7-9-15(13(3)4)17-11-18(12-17)16(10-8-2)14(5)6/h13-14,17-18H,7-12H2,1-6H3. The van der Waals surface area contributed by atoms with Crippen LogP contribution in [0.5, 0.6) is 0 Å². The van der Waals surface area contributed by atoms with Gasteiger partial charge in [-0.3, -0.25) is 0 Å². The molecule has 0 aliphatic carbocycles. The fourth-order valence-corrected chi connectivity index (χ4v) is 15.1. The van der Waals surface area contributed by atoms with Gasteiger partial charge in [-0.05, 0) is 49.3 Å². The first-order chi connectivity index (χ1) is 8.51. The second-order valence-corrected chi connectivity index (χ2v) is 14.2. The Hall–Kier alpha value is 0.354. The van der Waals surface area contributed by atoms with Crippen molar-refractivity contribution < 1.29 is 0 Å². The van der Waals surface area contributed by atoms with Gasteiger partial charge in [0, 0.05) is 0 Å². The maximum absolute atomic E-state index is 2.88. The third-order valence-corrected chi connectivity index (χ3v) is 16.6. The minimum absolute atomic E-state index is 0.518. The molecule has 1 fully saturated rings. The molecule has 0 aromatic rings. The number of hydrogen-bond donors (Lipinski definition) is 0. The lowest BCUT2D eigenvalue weighted by molar-refractivity contribution is 0.341. The van der Waals surface area contributed by atoms with E-state index in [2.05, 4.69) is 50.7 Å². The molecule has 18 heavy (non-hydrogen) atoms. The van der Waals surface area contributed by atoms with Crippen molar-refractivity contribution in [3.63, 3.8) is 0 Å². The SMILES string of the molecule is CCCN(C(C)C)[SiH]1C[SiH](N(CCC)C(C)C)C1. The summed E-state index contributed by atoms with van der Waals surface area (Å²) in [5, 5.41) is 0. The van der Waals surface area contributed by atoms with Gasteiger partial charge in [0.2, 0.25) is 0 Å². The Morgan fingerprint density at radius 3 is 1.33 bits per heavy atom. The van der Waals surface area contributed by atoms with Crippen molar-refractivity contribution in [2.45, 2.75) is 77.8 Å². The zero-order chi connectivity index (χ0) is 13.7. The van der Waals surface area contributed by atoms with Gasteiger partial charge in [-0.25, -0.2) is 0 Å². The second kappa shape index (κ2) is 7.83. The van der Waals surface area contributed by atoms with Gasteiger partial charge in [0.1, 0.15) is 17.9 Å². The third kappa shape index (κ3) is 4.18. The van der Waals surface area contributed by atoms with Gasteiger partial charge in [0.25, 0.3) is 0 Å². The van der Waals surface area contributed by atoms with Crippen molar-refractivity contribution in [2.24, 2.45) is 0 Å². The molecule has 0 unspecified atom stereocenters. The van der Waals surface area contributed by atoms with Crippen LogP contribution in [-0.4, -0.2) is 52.2 Å². The van der Waals surface area contributed by atoms with Crippen LogP contribution in [0.3, 0.4) is 0 Å². The molecule has 1 aliphatic rings. The highest BCUT2D eigenvalue weighted by Gasteiger charge is 2.40. The van der Waals surface area contributed by atoms with Crippen LogP contribution in [0, 0.1) is 0 Å². The Kier molecular flexibility index (Phi) is 7.13. The highest BCUT2D eigenvalue weighted by atomic mass is 28.4. The molecule has 0 bridgehead atoms. The van der Waals surface area contributed by atoms with Crippen LogP contribution in [0.4, 0.5) is 0 Å². The third-order valence-electron chi connectivity index (χ3n) is 4.32. The molecule has 1 saturated heterocycles. The van der Waals surface area contributed by atoms with Crippen molar-refractivity contribution in [1.29, 1.82) is 0 Å². The van der Waals surface area contributed by atoms with E-state index in [9.17, 15) is 0 Å². The van der Waals surface area contributed by atoms with Crippen molar-refractivity contribution >= 4 is 17.9 Å². The molecule has 108 valence electrons. The van der Waals surface area contributed by atoms with E-state index in [-0.39, 0.29) is 0 Å². The molecule has 2 nitrogen and oxygen atoms in total. The molecule has 0 N–H and O–H groups in total. The number of rotatable bonds is 8. The summed E-state index contributed by atoms with van der Waals surface area (Å²) in [6, 6.07) is 1.57. The molecular weight excluding hydrogens is 252 g/mol. The van der Waals surface area contributed by atoms with Crippen LogP contribution in [0.1, 0.15) is 54.4 Å². The molecule has 4 heteroatoms. The largest absolute Gasteiger partial charge is 0.324 e. The Morgan fingerprint density at radius 1 is 0.778 bits per heavy atom. The van der Waals surface area contributed by atoms with Crippen molar-refractivity contribution in [1.82, 2.24) is 9.13 Å². The summed E-state index contributed by atoms with van der Waals surface area (Å²) in [7, 11) is -1.04. The summed E-state index contributed by atoms with van der Waals surface area (Å²) >= 11 is 0. The van der Waals surface area contributed by atoms with E-state index in [1.807, 2.05) is 0 Å². The fraction of sp³-hybridized carbons (Fsp3) is 1.00. The molecule has 0 aromatic heterocycles. The molecule has 0 amide bonds. The van der Waals surface area contributed by atoms with Crippen LogP contribution >= 0.6 is 0 Å². The monoisotopic (exact) mass is 286 g/mol. The van der Waals surface area contributed by atoms with Gasteiger partial charge < -0.3 is 9.13 Å². The number of hydrogen-bond acceptors (Lipinski definition) is 2.